The Morgan fingerprint density at radius 1 is 1.00 bits per heavy atom. The van der Waals surface area contributed by atoms with Gasteiger partial charge in [-0.15, -0.1) is 11.3 Å². The maximum atomic E-state index is 13.8. The monoisotopic (exact) mass is 473 g/mol. The average Bonchev–Trinajstić information content (AvgIpc) is 3.09. The van der Waals surface area contributed by atoms with Crippen molar-refractivity contribution in [3.63, 3.8) is 0 Å². The number of sulfonamides is 1. The van der Waals surface area contributed by atoms with Crippen molar-refractivity contribution in [3.05, 3.63) is 70.4 Å². The lowest BCUT2D eigenvalue weighted by Crippen LogP contribution is -2.26. The highest BCUT2D eigenvalue weighted by Gasteiger charge is 2.19. The zero-order chi connectivity index (χ0) is 22.4. The van der Waals surface area contributed by atoms with E-state index in [1.54, 1.807) is 17.4 Å². The molecule has 0 amide bonds. The Morgan fingerprint density at radius 3 is 2.66 bits per heavy atom. The van der Waals surface area contributed by atoms with Gasteiger partial charge in [0.1, 0.15) is 5.82 Å². The molecule has 0 saturated heterocycles. The number of aryl methyl sites for hydroxylation is 2. The summed E-state index contributed by atoms with van der Waals surface area (Å²) in [5.41, 5.74) is 3.79. The van der Waals surface area contributed by atoms with Gasteiger partial charge in [-0.25, -0.2) is 22.5 Å². The van der Waals surface area contributed by atoms with Crippen molar-refractivity contribution >= 4 is 26.5 Å². The van der Waals surface area contributed by atoms with Crippen LogP contribution >= 0.6 is 11.3 Å². The molecule has 0 spiro atoms. The summed E-state index contributed by atoms with van der Waals surface area (Å²) in [4.78, 5) is 5.96. The van der Waals surface area contributed by atoms with E-state index >= 15 is 0 Å². The van der Waals surface area contributed by atoms with Gasteiger partial charge in [-0.3, -0.25) is 0 Å². The molecule has 32 heavy (non-hydrogen) atoms. The molecule has 170 valence electrons. The van der Waals surface area contributed by atoms with E-state index in [1.165, 1.54) is 10.9 Å². The van der Waals surface area contributed by atoms with Crippen molar-refractivity contribution in [1.29, 1.82) is 0 Å². The largest absolute Gasteiger partial charge is 0.361 e. The quantitative estimate of drug-likeness (QED) is 0.400. The Bertz CT molecular complexity index is 1150. The maximum absolute atomic E-state index is 13.8. The van der Waals surface area contributed by atoms with Gasteiger partial charge in [-0.1, -0.05) is 42.8 Å². The van der Waals surface area contributed by atoms with Crippen molar-refractivity contribution in [2.45, 2.75) is 44.3 Å². The molecule has 0 aliphatic heterocycles. The highest BCUT2D eigenvalue weighted by molar-refractivity contribution is 7.88. The van der Waals surface area contributed by atoms with Gasteiger partial charge >= 0.3 is 0 Å². The Labute approximate surface area is 193 Å². The number of nitrogens with zero attached hydrogens (tertiary/aromatic N) is 1. The fourth-order valence-corrected chi connectivity index (χ4v) is 6.16. The second-order valence-corrected chi connectivity index (χ2v) is 11.0. The fourth-order valence-electron chi connectivity index (χ4n) is 3.93. The van der Waals surface area contributed by atoms with Gasteiger partial charge in [-0.05, 0) is 55.4 Å². The topological polar surface area (TPSA) is 71.1 Å². The summed E-state index contributed by atoms with van der Waals surface area (Å²) in [5.74, 6) is -0.213. The third-order valence-electron chi connectivity index (χ3n) is 5.53. The molecule has 0 atom stereocenters. The zero-order valence-corrected chi connectivity index (χ0v) is 19.6. The first-order valence-corrected chi connectivity index (χ1v) is 13.5. The van der Waals surface area contributed by atoms with Gasteiger partial charge < -0.3 is 5.32 Å². The molecule has 1 aliphatic rings. The van der Waals surface area contributed by atoms with Crippen molar-refractivity contribution in [1.82, 2.24) is 9.71 Å². The van der Waals surface area contributed by atoms with Crippen LogP contribution in [-0.2, 0) is 28.6 Å². The van der Waals surface area contributed by atoms with Crippen LogP contribution in [0.15, 0.2) is 48.5 Å². The summed E-state index contributed by atoms with van der Waals surface area (Å²) in [6.45, 7) is 1.22. The third-order valence-corrected chi connectivity index (χ3v) is 7.96. The van der Waals surface area contributed by atoms with Gasteiger partial charge in [0.05, 0.1) is 11.4 Å². The molecule has 0 fully saturated rings. The maximum Gasteiger partial charge on any atom is 0.215 e. The fraction of sp³-hybridized carbons (Fsp3) is 0.375. The second-order valence-electron chi connectivity index (χ2n) is 8.07. The molecule has 0 saturated carbocycles. The minimum absolute atomic E-state index is 0.0110. The van der Waals surface area contributed by atoms with Gasteiger partial charge in [0.2, 0.25) is 10.0 Å². The number of fused-ring (bicyclic) bond motifs is 3. The minimum Gasteiger partial charge on any atom is -0.361 e. The van der Waals surface area contributed by atoms with Crippen LogP contribution in [0.2, 0.25) is 0 Å². The average molecular weight is 474 g/mol. The number of hydrogen-bond acceptors (Lipinski definition) is 5. The predicted molar refractivity (Wildman–Crippen MR) is 129 cm³/mol. The number of nitrogens with one attached hydrogen (secondary N) is 2. The number of hydrogen-bond donors (Lipinski definition) is 2. The molecule has 8 heteroatoms. The first-order valence-electron chi connectivity index (χ1n) is 11.0. The van der Waals surface area contributed by atoms with Crippen LogP contribution in [0.1, 0.15) is 41.7 Å². The molecule has 2 N–H and O–H groups in total. The van der Waals surface area contributed by atoms with E-state index in [4.69, 9.17) is 4.98 Å². The first-order chi connectivity index (χ1) is 15.5. The van der Waals surface area contributed by atoms with Gasteiger partial charge in [-0.2, -0.15) is 0 Å². The summed E-state index contributed by atoms with van der Waals surface area (Å²) in [6, 6.07) is 14.2. The van der Waals surface area contributed by atoms with Gasteiger partial charge in [0.15, 0.2) is 5.13 Å². The van der Waals surface area contributed by atoms with E-state index < -0.39 is 10.0 Å². The van der Waals surface area contributed by atoms with E-state index in [1.807, 2.05) is 36.4 Å². The Balaban J connectivity index is 1.20. The smallest absolute Gasteiger partial charge is 0.215 e. The lowest BCUT2D eigenvalue weighted by molar-refractivity contribution is 0.574. The molecule has 1 aromatic heterocycles. The minimum atomic E-state index is -3.30. The standard InChI is InChI=1S/C24H28FN3O2S2/c25-20-13-12-19-10-7-11-22-23(21(19)16-20)28-24(31-22)26-14-5-2-6-15-27-32(29,30)17-18-8-3-1-4-9-18/h1,3-4,8-9,12-13,16,27H,2,5-7,10-11,14-15,17H2,(H,26,28). The van der Waals surface area contributed by atoms with Crippen LogP contribution in [0.3, 0.4) is 0 Å². The highest BCUT2D eigenvalue weighted by Crippen LogP contribution is 2.37. The molecule has 1 aliphatic carbocycles. The Kier molecular flexibility index (Phi) is 7.55. The summed E-state index contributed by atoms with van der Waals surface area (Å²) < 4.78 is 40.8. The Hall–Kier alpha value is -2.29. The molecule has 4 rings (SSSR count). The molecular weight excluding hydrogens is 445 g/mol. The second kappa shape index (κ2) is 10.6. The van der Waals surface area contributed by atoms with E-state index in [0.29, 0.717) is 6.54 Å². The summed E-state index contributed by atoms with van der Waals surface area (Å²) in [6.07, 6.45) is 5.60. The molecule has 3 aromatic rings. The van der Waals surface area contributed by atoms with Crippen LogP contribution in [0.5, 0.6) is 0 Å². The molecule has 5 nitrogen and oxygen atoms in total. The third kappa shape index (κ3) is 6.15. The normalized spacial score (nSPS) is 13.3. The van der Waals surface area contributed by atoms with Crippen LogP contribution in [0, 0.1) is 5.82 Å². The molecule has 0 radical (unpaired) electrons. The van der Waals surface area contributed by atoms with Crippen LogP contribution < -0.4 is 10.0 Å². The van der Waals surface area contributed by atoms with E-state index in [2.05, 4.69) is 10.0 Å². The zero-order valence-electron chi connectivity index (χ0n) is 17.9. The predicted octanol–water partition coefficient (Wildman–Crippen LogP) is 5.14. The number of thiazole rings is 1. The van der Waals surface area contributed by atoms with Gasteiger partial charge in [0.25, 0.3) is 0 Å². The number of benzene rings is 2. The SMILES string of the molecule is O=S(=O)(Cc1ccccc1)NCCCCCNc1nc2c(s1)CCCc1ccc(F)cc1-2. The van der Waals surface area contributed by atoms with E-state index in [9.17, 15) is 12.8 Å². The molecule has 1 heterocycles. The van der Waals surface area contributed by atoms with Crippen molar-refractivity contribution in [2.75, 3.05) is 18.4 Å². The van der Waals surface area contributed by atoms with Crippen molar-refractivity contribution in [3.8, 4) is 11.3 Å². The number of aromatic nitrogens is 1. The van der Waals surface area contributed by atoms with Crippen LogP contribution in [0.4, 0.5) is 9.52 Å². The van der Waals surface area contributed by atoms with Crippen molar-refractivity contribution in [2.24, 2.45) is 0 Å². The summed E-state index contributed by atoms with van der Waals surface area (Å²) in [5, 5.41) is 4.25. The molecule has 0 bridgehead atoms. The number of anilines is 1. The number of unbranched alkanes of at least 4 members (excludes halogenated alkanes) is 2. The highest BCUT2D eigenvalue weighted by atomic mass is 32.2. The molecule has 2 aromatic carbocycles. The van der Waals surface area contributed by atoms with E-state index in [-0.39, 0.29) is 11.6 Å². The molecular formula is C24H28FN3O2S2. The molecule has 0 unspecified atom stereocenters. The number of rotatable bonds is 10. The van der Waals surface area contributed by atoms with Crippen molar-refractivity contribution < 1.29 is 12.8 Å². The van der Waals surface area contributed by atoms with Crippen LogP contribution in [0.25, 0.3) is 11.3 Å². The van der Waals surface area contributed by atoms with E-state index in [0.717, 1.165) is 72.6 Å². The first kappa shape index (κ1) is 22.9. The Morgan fingerprint density at radius 2 is 1.81 bits per heavy atom. The number of halogens is 1. The summed E-state index contributed by atoms with van der Waals surface area (Å²) in [7, 11) is -3.30. The lowest BCUT2D eigenvalue weighted by Gasteiger charge is -2.07. The van der Waals surface area contributed by atoms with Crippen LogP contribution in [-0.4, -0.2) is 26.5 Å². The summed E-state index contributed by atoms with van der Waals surface area (Å²) >= 11 is 1.65. The van der Waals surface area contributed by atoms with Gasteiger partial charge in [0, 0.05) is 23.5 Å². The lowest BCUT2D eigenvalue weighted by atomic mass is 10.0.